The Bertz CT molecular complexity index is 1500. The van der Waals surface area contributed by atoms with Crippen LogP contribution in [0, 0.1) is 0 Å². The molecule has 10 heteroatoms. The number of likely N-dealkylation sites (N-methyl/N-ethyl adjacent to an activating group) is 2. The average molecular weight is 514 g/mol. The van der Waals surface area contributed by atoms with Gasteiger partial charge in [0.25, 0.3) is 0 Å². The molecule has 0 saturated heterocycles. The summed E-state index contributed by atoms with van der Waals surface area (Å²) in [7, 11) is 5.46. The zero-order valence-electron chi connectivity index (χ0n) is 21.7. The van der Waals surface area contributed by atoms with Crippen LogP contribution in [0.2, 0.25) is 0 Å². The Hall–Kier alpha value is -4.57. The third-order valence-electron chi connectivity index (χ3n) is 6.50. The molecule has 0 spiro atoms. The molecule has 0 fully saturated rings. The molecule has 3 heterocycles. The number of carbonyl (C=O) groups is 1. The third-order valence-corrected chi connectivity index (χ3v) is 6.50. The lowest BCUT2D eigenvalue weighted by Crippen LogP contribution is -2.28. The number of hydrogen-bond acceptors (Lipinski definition) is 8. The second-order valence-electron chi connectivity index (χ2n) is 8.92. The zero-order valence-corrected chi connectivity index (χ0v) is 21.7. The van der Waals surface area contributed by atoms with Gasteiger partial charge in [-0.2, -0.15) is 0 Å². The fourth-order valence-electron chi connectivity index (χ4n) is 4.60. The van der Waals surface area contributed by atoms with Gasteiger partial charge in [-0.3, -0.25) is 4.79 Å². The Morgan fingerprint density at radius 3 is 2.95 bits per heavy atom. The molecule has 1 aliphatic heterocycles. The van der Waals surface area contributed by atoms with Gasteiger partial charge in [-0.05, 0) is 31.3 Å². The number of benzene rings is 2. The van der Waals surface area contributed by atoms with Crippen molar-refractivity contribution in [3.63, 3.8) is 0 Å². The van der Waals surface area contributed by atoms with Gasteiger partial charge < -0.3 is 34.9 Å². The Morgan fingerprint density at radius 1 is 1.29 bits per heavy atom. The first kappa shape index (κ1) is 25.1. The molecule has 10 nitrogen and oxygen atoms in total. The number of nitrogens with zero attached hydrogens (tertiary/aromatic N) is 4. The predicted octanol–water partition coefficient (Wildman–Crippen LogP) is 4.02. The smallest absolute Gasteiger partial charge is 0.247 e. The lowest BCUT2D eigenvalue weighted by atomic mass is 10.1. The number of amides is 1. The number of hydrogen-bond donors (Lipinski definition) is 3. The fourth-order valence-corrected chi connectivity index (χ4v) is 4.60. The van der Waals surface area contributed by atoms with Crippen LogP contribution in [0.5, 0.6) is 11.5 Å². The molecule has 0 saturated carbocycles. The summed E-state index contributed by atoms with van der Waals surface area (Å²) in [5, 5.41) is 10.4. The SMILES string of the molecule is C=CC(=O)Nc1cc(Nc2nccc(-c3cn4c5c(cccc35)OCC4)n2)c(OC)cc1N(C)CCNC. The zero-order chi connectivity index (χ0) is 26.6. The minimum Gasteiger partial charge on any atom is -0.494 e. The second kappa shape index (κ2) is 10.8. The monoisotopic (exact) mass is 513 g/mol. The van der Waals surface area contributed by atoms with Crippen molar-refractivity contribution in [3.05, 3.63) is 61.4 Å². The molecule has 0 bridgehead atoms. The summed E-state index contributed by atoms with van der Waals surface area (Å²) >= 11 is 0. The van der Waals surface area contributed by atoms with Crippen molar-refractivity contribution in [1.29, 1.82) is 0 Å². The van der Waals surface area contributed by atoms with Crippen molar-refractivity contribution in [1.82, 2.24) is 19.9 Å². The Kier molecular flexibility index (Phi) is 7.14. The number of nitrogens with one attached hydrogen (secondary N) is 3. The topological polar surface area (TPSA) is 106 Å². The average Bonchev–Trinajstić information content (AvgIpc) is 3.32. The molecule has 0 atom stereocenters. The molecule has 1 amide bonds. The van der Waals surface area contributed by atoms with Crippen molar-refractivity contribution in [3.8, 4) is 22.8 Å². The quantitative estimate of drug-likeness (QED) is 0.273. The molecule has 38 heavy (non-hydrogen) atoms. The standard InChI is InChI=1S/C28H31N7O3/c1-5-26(36)31-21-15-22(25(37-4)16-23(21)34(3)12-11-29-2)33-28-30-10-9-20(32-28)19-17-35-13-14-38-24-8-6-7-18(19)27(24)35/h5-10,15-17,29H,1,11-14H2,2-4H3,(H,31,36)(H,30,32,33). The van der Waals surface area contributed by atoms with E-state index in [0.717, 1.165) is 53.2 Å². The van der Waals surface area contributed by atoms with Gasteiger partial charge in [0.2, 0.25) is 11.9 Å². The Balaban J connectivity index is 1.51. The first-order chi connectivity index (χ1) is 18.5. The highest BCUT2D eigenvalue weighted by Crippen LogP contribution is 2.39. The molecule has 2 aromatic carbocycles. The predicted molar refractivity (Wildman–Crippen MR) is 151 cm³/mol. The Labute approximate surface area is 221 Å². The summed E-state index contributed by atoms with van der Waals surface area (Å²) in [5.74, 6) is 1.57. The summed E-state index contributed by atoms with van der Waals surface area (Å²) in [6.07, 6.45) is 5.08. The van der Waals surface area contributed by atoms with E-state index in [1.807, 2.05) is 49.3 Å². The molecule has 5 rings (SSSR count). The molecular formula is C28H31N7O3. The van der Waals surface area contributed by atoms with Gasteiger partial charge in [0.05, 0.1) is 41.9 Å². The highest BCUT2D eigenvalue weighted by Gasteiger charge is 2.20. The first-order valence-electron chi connectivity index (χ1n) is 12.4. The van der Waals surface area contributed by atoms with Gasteiger partial charge in [-0.25, -0.2) is 9.97 Å². The van der Waals surface area contributed by atoms with E-state index < -0.39 is 0 Å². The van der Waals surface area contributed by atoms with Gasteiger partial charge in [0.1, 0.15) is 18.1 Å². The number of carbonyl (C=O) groups excluding carboxylic acids is 1. The van der Waals surface area contributed by atoms with Crippen LogP contribution in [0.15, 0.2) is 61.4 Å². The summed E-state index contributed by atoms with van der Waals surface area (Å²) in [6.45, 7) is 6.51. The summed E-state index contributed by atoms with van der Waals surface area (Å²) in [6, 6.07) is 11.7. The van der Waals surface area contributed by atoms with E-state index in [9.17, 15) is 4.79 Å². The van der Waals surface area contributed by atoms with Crippen LogP contribution in [-0.4, -0.2) is 61.3 Å². The van der Waals surface area contributed by atoms with Gasteiger partial charge in [0.15, 0.2) is 0 Å². The van der Waals surface area contributed by atoms with Crippen LogP contribution in [0.25, 0.3) is 22.2 Å². The van der Waals surface area contributed by atoms with Gasteiger partial charge in [-0.15, -0.1) is 0 Å². The molecule has 4 aromatic rings. The number of rotatable bonds is 10. The maximum atomic E-state index is 12.2. The van der Waals surface area contributed by atoms with Crippen molar-refractivity contribution in [2.75, 3.05) is 56.4 Å². The Morgan fingerprint density at radius 2 is 2.16 bits per heavy atom. The lowest BCUT2D eigenvalue weighted by Gasteiger charge is -2.24. The van der Waals surface area contributed by atoms with Gasteiger partial charge >= 0.3 is 0 Å². The molecular weight excluding hydrogens is 482 g/mol. The van der Waals surface area contributed by atoms with Crippen LogP contribution in [0.3, 0.4) is 0 Å². The number of anilines is 4. The van der Waals surface area contributed by atoms with Crippen LogP contribution in [0.4, 0.5) is 23.0 Å². The summed E-state index contributed by atoms with van der Waals surface area (Å²) in [4.78, 5) is 23.5. The fraction of sp³-hybridized carbons (Fsp3) is 0.250. The van der Waals surface area contributed by atoms with Gasteiger partial charge in [0, 0.05) is 49.5 Å². The number of ether oxygens (including phenoxy) is 2. The minimum atomic E-state index is -0.306. The summed E-state index contributed by atoms with van der Waals surface area (Å²) in [5.41, 5.74) is 4.90. The third kappa shape index (κ3) is 4.85. The minimum absolute atomic E-state index is 0.306. The maximum Gasteiger partial charge on any atom is 0.247 e. The van der Waals surface area contributed by atoms with Crippen LogP contribution >= 0.6 is 0 Å². The highest BCUT2D eigenvalue weighted by atomic mass is 16.5. The highest BCUT2D eigenvalue weighted by molar-refractivity contribution is 6.02. The van der Waals surface area contributed by atoms with Crippen LogP contribution in [-0.2, 0) is 11.3 Å². The van der Waals surface area contributed by atoms with E-state index >= 15 is 0 Å². The maximum absolute atomic E-state index is 12.2. The van der Waals surface area contributed by atoms with Crippen molar-refractivity contribution in [2.45, 2.75) is 6.54 Å². The van der Waals surface area contributed by atoms with Crippen molar-refractivity contribution in [2.24, 2.45) is 0 Å². The second-order valence-corrected chi connectivity index (χ2v) is 8.92. The number of methoxy groups -OCH3 is 1. The molecule has 0 radical (unpaired) electrons. The van der Waals surface area contributed by atoms with E-state index in [4.69, 9.17) is 14.5 Å². The largest absolute Gasteiger partial charge is 0.494 e. The molecule has 196 valence electrons. The normalized spacial score (nSPS) is 12.1. The number of aromatic nitrogens is 3. The lowest BCUT2D eigenvalue weighted by molar-refractivity contribution is -0.111. The van der Waals surface area contributed by atoms with Crippen LogP contribution < -0.4 is 30.3 Å². The van der Waals surface area contributed by atoms with E-state index in [0.29, 0.717) is 29.7 Å². The number of para-hydroxylation sites is 1. The molecule has 0 aliphatic carbocycles. The van der Waals surface area contributed by atoms with E-state index in [1.54, 1.807) is 13.3 Å². The van der Waals surface area contributed by atoms with E-state index in [2.05, 4.69) is 44.3 Å². The molecule has 3 N–H and O–H groups in total. The van der Waals surface area contributed by atoms with E-state index in [-0.39, 0.29) is 5.91 Å². The molecule has 2 aromatic heterocycles. The molecule has 0 unspecified atom stereocenters. The van der Waals surface area contributed by atoms with Gasteiger partial charge in [-0.1, -0.05) is 18.7 Å². The van der Waals surface area contributed by atoms with E-state index in [1.165, 1.54) is 6.08 Å². The first-order valence-corrected chi connectivity index (χ1v) is 12.4. The summed E-state index contributed by atoms with van der Waals surface area (Å²) < 4.78 is 13.8. The van der Waals surface area contributed by atoms with Crippen LogP contribution in [0.1, 0.15) is 0 Å². The molecule has 1 aliphatic rings. The van der Waals surface area contributed by atoms with Crippen molar-refractivity contribution >= 4 is 39.8 Å². The van der Waals surface area contributed by atoms with Crippen molar-refractivity contribution < 1.29 is 14.3 Å².